The molecular formula is C23H21ClN4O4. The number of hydrogen-bond acceptors (Lipinski definition) is 6. The minimum absolute atomic E-state index is 0.0972. The average molecular weight is 453 g/mol. The number of carbonyl (C=O) groups excluding carboxylic acids is 1. The van der Waals surface area contributed by atoms with Gasteiger partial charge in [0.05, 0.1) is 12.1 Å². The van der Waals surface area contributed by atoms with E-state index in [0.717, 1.165) is 16.8 Å². The van der Waals surface area contributed by atoms with Crippen LogP contribution in [-0.4, -0.2) is 27.7 Å². The largest absolute Gasteiger partial charge is 0.497 e. The molecule has 8 nitrogen and oxygen atoms in total. The quantitative estimate of drug-likeness (QED) is 0.466. The highest BCUT2D eigenvalue weighted by molar-refractivity contribution is 6.33. The van der Waals surface area contributed by atoms with Crippen LogP contribution in [0.1, 0.15) is 17.5 Å². The fraction of sp³-hybridized carbons (Fsp3) is 0.217. The van der Waals surface area contributed by atoms with E-state index in [9.17, 15) is 9.59 Å². The number of aromatic nitrogens is 3. The van der Waals surface area contributed by atoms with Gasteiger partial charge in [-0.1, -0.05) is 28.9 Å². The molecule has 9 heteroatoms. The molecule has 0 saturated carbocycles. The van der Waals surface area contributed by atoms with Gasteiger partial charge in [0, 0.05) is 24.2 Å². The lowest BCUT2D eigenvalue weighted by molar-refractivity contribution is -0.116. The zero-order chi connectivity index (χ0) is 22.8. The van der Waals surface area contributed by atoms with Gasteiger partial charge < -0.3 is 14.6 Å². The predicted molar refractivity (Wildman–Crippen MR) is 122 cm³/mol. The van der Waals surface area contributed by atoms with Crippen LogP contribution in [0, 0.1) is 13.8 Å². The number of methoxy groups -OCH3 is 1. The molecule has 0 aliphatic carbocycles. The molecule has 0 radical (unpaired) electrons. The first kappa shape index (κ1) is 21.6. The number of anilines is 1. The molecule has 2 aromatic carbocycles. The first-order valence-corrected chi connectivity index (χ1v) is 10.3. The van der Waals surface area contributed by atoms with Gasteiger partial charge in [-0.2, -0.15) is 0 Å². The Morgan fingerprint density at radius 3 is 2.84 bits per heavy atom. The van der Waals surface area contributed by atoms with Crippen LogP contribution < -0.4 is 15.6 Å². The highest BCUT2D eigenvalue weighted by atomic mass is 35.5. The summed E-state index contributed by atoms with van der Waals surface area (Å²) in [4.78, 5) is 29.8. The fourth-order valence-corrected chi connectivity index (χ4v) is 3.56. The SMILES string of the molecule is COc1ccc(Cl)c(-c2noc3ncn(CCC(=O)Nc4cccc(C)c4C)c(=O)c23)c1. The van der Waals surface area contributed by atoms with Crippen LogP contribution in [0.25, 0.3) is 22.4 Å². The third-order valence-electron chi connectivity index (χ3n) is 5.35. The second-order valence-corrected chi connectivity index (χ2v) is 7.75. The van der Waals surface area contributed by atoms with E-state index in [-0.39, 0.29) is 41.2 Å². The number of amides is 1. The maximum Gasteiger partial charge on any atom is 0.266 e. The Kier molecular flexibility index (Phi) is 5.96. The molecule has 0 unspecified atom stereocenters. The molecule has 0 saturated heterocycles. The summed E-state index contributed by atoms with van der Waals surface area (Å²) in [5, 5.41) is 7.48. The minimum atomic E-state index is -0.371. The number of ether oxygens (including phenoxy) is 1. The first-order valence-electron chi connectivity index (χ1n) is 9.94. The van der Waals surface area contributed by atoms with Crippen LogP contribution in [-0.2, 0) is 11.3 Å². The van der Waals surface area contributed by atoms with Crippen LogP contribution in [0.4, 0.5) is 5.69 Å². The second-order valence-electron chi connectivity index (χ2n) is 7.35. The van der Waals surface area contributed by atoms with Crippen molar-refractivity contribution in [2.24, 2.45) is 0 Å². The molecule has 0 aliphatic heterocycles. The molecule has 0 bridgehead atoms. The van der Waals surface area contributed by atoms with Crippen LogP contribution in [0.3, 0.4) is 0 Å². The minimum Gasteiger partial charge on any atom is -0.497 e. The highest BCUT2D eigenvalue weighted by Gasteiger charge is 2.20. The van der Waals surface area contributed by atoms with E-state index in [1.807, 2.05) is 32.0 Å². The van der Waals surface area contributed by atoms with Gasteiger partial charge in [0.15, 0.2) is 0 Å². The monoisotopic (exact) mass is 452 g/mol. The summed E-state index contributed by atoms with van der Waals surface area (Å²) in [6.07, 6.45) is 1.44. The van der Waals surface area contributed by atoms with E-state index < -0.39 is 0 Å². The summed E-state index contributed by atoms with van der Waals surface area (Å²) >= 11 is 6.32. The van der Waals surface area contributed by atoms with Gasteiger partial charge >= 0.3 is 0 Å². The summed E-state index contributed by atoms with van der Waals surface area (Å²) < 4.78 is 11.8. The lowest BCUT2D eigenvalue weighted by Gasteiger charge is -2.11. The Morgan fingerprint density at radius 2 is 2.06 bits per heavy atom. The van der Waals surface area contributed by atoms with E-state index in [1.165, 1.54) is 18.0 Å². The van der Waals surface area contributed by atoms with Crippen molar-refractivity contribution in [1.82, 2.24) is 14.7 Å². The lowest BCUT2D eigenvalue weighted by Crippen LogP contribution is -2.23. The Balaban J connectivity index is 1.60. The molecular weight excluding hydrogens is 432 g/mol. The van der Waals surface area contributed by atoms with Gasteiger partial charge in [0.1, 0.15) is 23.2 Å². The van der Waals surface area contributed by atoms with Crippen LogP contribution >= 0.6 is 11.6 Å². The summed E-state index contributed by atoms with van der Waals surface area (Å²) in [5.74, 6) is 0.361. The number of nitrogens with zero attached hydrogens (tertiary/aromatic N) is 3. The number of halogens is 1. The van der Waals surface area contributed by atoms with Gasteiger partial charge in [-0.15, -0.1) is 0 Å². The Hall–Kier alpha value is -3.65. The molecule has 4 aromatic rings. The molecule has 0 fully saturated rings. The summed E-state index contributed by atoms with van der Waals surface area (Å²) in [6, 6.07) is 10.8. The van der Waals surface area contributed by atoms with Crippen LogP contribution in [0.5, 0.6) is 5.75 Å². The molecule has 1 N–H and O–H groups in total. The smallest absolute Gasteiger partial charge is 0.266 e. The van der Waals surface area contributed by atoms with Gasteiger partial charge in [0.25, 0.3) is 11.3 Å². The van der Waals surface area contributed by atoms with Crippen LogP contribution in [0.15, 0.2) is 52.0 Å². The molecule has 1 amide bonds. The number of fused-ring (bicyclic) bond motifs is 1. The molecule has 32 heavy (non-hydrogen) atoms. The zero-order valence-electron chi connectivity index (χ0n) is 17.8. The topological polar surface area (TPSA) is 99.2 Å². The zero-order valence-corrected chi connectivity index (χ0v) is 18.6. The van der Waals surface area contributed by atoms with E-state index >= 15 is 0 Å². The predicted octanol–water partition coefficient (Wildman–Crippen LogP) is 4.36. The van der Waals surface area contributed by atoms with Crippen molar-refractivity contribution in [2.45, 2.75) is 26.8 Å². The van der Waals surface area contributed by atoms with Crippen LogP contribution in [0.2, 0.25) is 5.02 Å². The number of aryl methyl sites for hydroxylation is 2. The van der Waals surface area contributed by atoms with Gasteiger partial charge in [0.2, 0.25) is 5.91 Å². The van der Waals surface area contributed by atoms with Crippen molar-refractivity contribution in [3.05, 3.63) is 69.2 Å². The third kappa shape index (κ3) is 4.09. The molecule has 0 aliphatic rings. The van der Waals surface area contributed by atoms with E-state index in [1.54, 1.807) is 18.2 Å². The summed E-state index contributed by atoms with van der Waals surface area (Å²) in [6.45, 7) is 4.08. The summed E-state index contributed by atoms with van der Waals surface area (Å²) in [5.41, 5.74) is 3.34. The van der Waals surface area contributed by atoms with E-state index in [0.29, 0.717) is 16.3 Å². The van der Waals surface area contributed by atoms with Gasteiger partial charge in [-0.3, -0.25) is 14.2 Å². The van der Waals surface area contributed by atoms with Gasteiger partial charge in [-0.05, 0) is 49.2 Å². The second kappa shape index (κ2) is 8.84. The van der Waals surface area contributed by atoms with E-state index in [4.69, 9.17) is 20.9 Å². The Labute approximate surface area is 188 Å². The third-order valence-corrected chi connectivity index (χ3v) is 5.68. The molecule has 0 spiro atoms. The highest BCUT2D eigenvalue weighted by Crippen LogP contribution is 2.33. The summed E-state index contributed by atoms with van der Waals surface area (Å²) in [7, 11) is 1.53. The van der Waals surface area contributed by atoms with Crippen molar-refractivity contribution in [3.8, 4) is 17.0 Å². The van der Waals surface area contributed by atoms with Crippen molar-refractivity contribution < 1.29 is 14.1 Å². The molecule has 0 atom stereocenters. The van der Waals surface area contributed by atoms with E-state index in [2.05, 4.69) is 15.5 Å². The average Bonchev–Trinajstić information content (AvgIpc) is 3.21. The lowest BCUT2D eigenvalue weighted by atomic mass is 10.1. The van der Waals surface area contributed by atoms with Crippen molar-refractivity contribution >= 4 is 34.3 Å². The molecule has 2 aromatic heterocycles. The number of nitrogens with one attached hydrogen (secondary N) is 1. The number of carbonyl (C=O) groups is 1. The Bertz CT molecular complexity index is 1380. The first-order chi connectivity index (χ1) is 15.4. The van der Waals surface area contributed by atoms with Crippen molar-refractivity contribution in [1.29, 1.82) is 0 Å². The van der Waals surface area contributed by atoms with Gasteiger partial charge in [-0.25, -0.2) is 4.98 Å². The van der Waals surface area contributed by atoms with Crippen molar-refractivity contribution in [3.63, 3.8) is 0 Å². The molecule has 4 rings (SSSR count). The maximum atomic E-state index is 13.1. The maximum absolute atomic E-state index is 13.1. The number of benzene rings is 2. The number of rotatable bonds is 6. The normalized spacial score (nSPS) is 11.0. The van der Waals surface area contributed by atoms with Crippen molar-refractivity contribution in [2.75, 3.05) is 12.4 Å². The Morgan fingerprint density at radius 1 is 1.25 bits per heavy atom. The number of hydrogen-bond donors (Lipinski definition) is 1. The molecule has 2 heterocycles. The molecule has 164 valence electrons. The standard InChI is InChI=1S/C23H21ClN4O4/c1-13-5-4-6-18(14(13)2)26-19(29)9-10-28-12-25-22-20(23(28)30)21(27-32-22)16-11-15(31-3)7-8-17(16)24/h4-8,11-12H,9-10H2,1-3H3,(H,26,29). The fourth-order valence-electron chi connectivity index (χ4n) is 3.36.